The van der Waals surface area contributed by atoms with Gasteiger partial charge < -0.3 is 19.6 Å². The van der Waals surface area contributed by atoms with E-state index >= 15 is 0 Å². The van der Waals surface area contributed by atoms with E-state index in [4.69, 9.17) is 0 Å². The highest BCUT2D eigenvalue weighted by molar-refractivity contribution is 4.85. The molecule has 0 bridgehead atoms. The molecular weight excluding hydrogens is 322 g/mol. The third-order valence-corrected chi connectivity index (χ3v) is 5.15. The van der Waals surface area contributed by atoms with Crippen molar-refractivity contribution in [2.24, 2.45) is 0 Å². The zero-order valence-electron chi connectivity index (χ0n) is 17.8. The topological polar surface area (TPSA) is 13.0 Å². The van der Waals surface area contributed by atoms with E-state index in [-0.39, 0.29) is 12.1 Å². The summed E-state index contributed by atoms with van der Waals surface area (Å²) in [6.45, 7) is 10.2. The summed E-state index contributed by atoms with van der Waals surface area (Å²) < 4.78 is 26.7. The highest BCUT2D eigenvalue weighted by Gasteiger charge is 2.30. The molecule has 4 nitrogen and oxygen atoms in total. The standard InChI is InChI=1S/C9H19FN2.C8H17FN2.C2H6/c1-4-12(3)9-5-6-11(2)7-8(9)10;1-10(2)8-4-5-11(3)6-7(8)9;1-2/h8-9H,4-7H2,1-3H3;7-8H,4-6H2,1-3H3;1-2H3. The molecule has 0 aromatic rings. The number of piperidine rings is 2. The molecule has 152 valence electrons. The molecule has 0 amide bonds. The van der Waals surface area contributed by atoms with Crippen LogP contribution in [-0.4, -0.2) is 112 Å². The Morgan fingerprint density at radius 2 is 1.24 bits per heavy atom. The zero-order valence-corrected chi connectivity index (χ0v) is 17.8. The normalized spacial score (nSPS) is 31.2. The van der Waals surface area contributed by atoms with Gasteiger partial charge in [-0.3, -0.25) is 0 Å². The molecule has 2 aliphatic rings. The van der Waals surface area contributed by atoms with Crippen LogP contribution in [0.5, 0.6) is 0 Å². The SMILES string of the molecule is CC.CCN(C)C1CCN(C)CC1F.CN1CCC(N(C)C)C(F)C1. The maximum atomic E-state index is 13.5. The Morgan fingerprint density at radius 3 is 1.56 bits per heavy atom. The van der Waals surface area contributed by atoms with Gasteiger partial charge in [-0.15, -0.1) is 0 Å². The fourth-order valence-electron chi connectivity index (χ4n) is 3.40. The molecule has 4 unspecified atom stereocenters. The van der Waals surface area contributed by atoms with Gasteiger partial charge in [-0.25, -0.2) is 8.78 Å². The highest BCUT2D eigenvalue weighted by Crippen LogP contribution is 2.17. The predicted octanol–water partition coefficient (Wildman–Crippen LogP) is 2.60. The monoisotopic (exact) mass is 364 g/mol. The lowest BCUT2D eigenvalue weighted by molar-refractivity contribution is 0.0606. The Bertz CT molecular complexity index is 331. The summed E-state index contributed by atoms with van der Waals surface area (Å²) in [7, 11) is 9.85. The van der Waals surface area contributed by atoms with Gasteiger partial charge in [-0.05, 0) is 67.7 Å². The molecule has 0 aromatic carbocycles. The van der Waals surface area contributed by atoms with E-state index < -0.39 is 12.3 Å². The average Bonchev–Trinajstić information content (AvgIpc) is 2.56. The second kappa shape index (κ2) is 13.0. The average molecular weight is 365 g/mol. The molecule has 0 aliphatic carbocycles. The van der Waals surface area contributed by atoms with Crippen molar-refractivity contribution in [1.29, 1.82) is 0 Å². The molecule has 0 N–H and O–H groups in total. The van der Waals surface area contributed by atoms with Crippen molar-refractivity contribution in [1.82, 2.24) is 19.6 Å². The summed E-state index contributed by atoms with van der Waals surface area (Å²) in [5, 5.41) is 0. The van der Waals surface area contributed by atoms with Crippen LogP contribution in [0.25, 0.3) is 0 Å². The number of hydrogen-bond acceptors (Lipinski definition) is 4. The van der Waals surface area contributed by atoms with Crippen molar-refractivity contribution < 1.29 is 8.78 Å². The second-order valence-corrected chi connectivity index (χ2v) is 7.31. The smallest absolute Gasteiger partial charge is 0.128 e. The minimum atomic E-state index is -0.677. The molecule has 0 radical (unpaired) electrons. The van der Waals surface area contributed by atoms with Crippen LogP contribution in [0.3, 0.4) is 0 Å². The molecular formula is C19H42F2N4. The van der Waals surface area contributed by atoms with E-state index in [1.54, 1.807) is 0 Å². The predicted molar refractivity (Wildman–Crippen MR) is 105 cm³/mol. The van der Waals surface area contributed by atoms with E-state index in [2.05, 4.69) is 16.7 Å². The van der Waals surface area contributed by atoms with Crippen molar-refractivity contribution >= 4 is 0 Å². The largest absolute Gasteiger partial charge is 0.303 e. The van der Waals surface area contributed by atoms with Gasteiger partial charge in [0.1, 0.15) is 12.3 Å². The molecule has 0 aromatic heterocycles. The third kappa shape index (κ3) is 8.76. The first-order chi connectivity index (χ1) is 11.8. The molecule has 4 atom stereocenters. The fourth-order valence-corrected chi connectivity index (χ4v) is 3.40. The summed E-state index contributed by atoms with van der Waals surface area (Å²) >= 11 is 0. The van der Waals surface area contributed by atoms with Gasteiger partial charge in [0.05, 0.1) is 0 Å². The summed E-state index contributed by atoms with van der Waals surface area (Å²) in [5.74, 6) is 0. The van der Waals surface area contributed by atoms with Gasteiger partial charge >= 0.3 is 0 Å². The number of hydrogen-bond donors (Lipinski definition) is 0. The Balaban J connectivity index is 0.000000421. The highest BCUT2D eigenvalue weighted by atomic mass is 19.1. The van der Waals surface area contributed by atoms with Crippen molar-refractivity contribution in [2.75, 3.05) is 68.0 Å². The van der Waals surface area contributed by atoms with Gasteiger partial charge in [-0.1, -0.05) is 20.8 Å². The maximum absolute atomic E-state index is 13.5. The van der Waals surface area contributed by atoms with Crippen LogP contribution in [0, 0.1) is 0 Å². The summed E-state index contributed by atoms with van der Waals surface area (Å²) in [5.41, 5.74) is 0. The maximum Gasteiger partial charge on any atom is 0.128 e. The molecule has 6 heteroatoms. The van der Waals surface area contributed by atoms with Crippen LogP contribution in [0.1, 0.15) is 33.6 Å². The molecule has 25 heavy (non-hydrogen) atoms. The first-order valence-electron chi connectivity index (χ1n) is 9.78. The minimum absolute atomic E-state index is 0.131. The molecule has 2 rings (SSSR count). The zero-order chi connectivity index (χ0) is 19.6. The summed E-state index contributed by atoms with van der Waals surface area (Å²) in [6, 6.07) is 0.275. The van der Waals surface area contributed by atoms with E-state index in [1.165, 1.54) is 0 Å². The lowest BCUT2D eigenvalue weighted by atomic mass is 10.0. The first-order valence-corrected chi connectivity index (χ1v) is 9.78. The Hall–Kier alpha value is -0.300. The Kier molecular flexibility index (Phi) is 12.8. The lowest BCUT2D eigenvalue weighted by Crippen LogP contribution is -2.50. The van der Waals surface area contributed by atoms with Gasteiger partial charge in [0.15, 0.2) is 0 Å². The van der Waals surface area contributed by atoms with E-state index in [9.17, 15) is 8.78 Å². The summed E-state index contributed by atoms with van der Waals surface area (Å²) in [4.78, 5) is 8.20. The number of rotatable bonds is 3. The van der Waals surface area contributed by atoms with Crippen molar-refractivity contribution in [3.05, 3.63) is 0 Å². The molecule has 2 saturated heterocycles. The number of halogens is 2. The van der Waals surface area contributed by atoms with Crippen molar-refractivity contribution in [3.63, 3.8) is 0 Å². The van der Waals surface area contributed by atoms with Crippen LogP contribution in [0.15, 0.2) is 0 Å². The van der Waals surface area contributed by atoms with Crippen LogP contribution < -0.4 is 0 Å². The second-order valence-electron chi connectivity index (χ2n) is 7.31. The molecule has 2 fully saturated rings. The third-order valence-electron chi connectivity index (χ3n) is 5.15. The Labute approximate surface area is 155 Å². The fraction of sp³-hybridized carbons (Fsp3) is 1.00. The van der Waals surface area contributed by atoms with Gasteiger partial charge in [0.2, 0.25) is 0 Å². The van der Waals surface area contributed by atoms with E-state index in [0.717, 1.165) is 32.5 Å². The minimum Gasteiger partial charge on any atom is -0.303 e. The lowest BCUT2D eigenvalue weighted by Gasteiger charge is -2.37. The van der Waals surface area contributed by atoms with Crippen LogP contribution in [0.2, 0.25) is 0 Å². The summed E-state index contributed by atoms with van der Waals surface area (Å²) in [6.07, 6.45) is 0.560. The van der Waals surface area contributed by atoms with Crippen LogP contribution >= 0.6 is 0 Å². The number of nitrogens with zero attached hydrogens (tertiary/aromatic N) is 4. The Morgan fingerprint density at radius 1 is 0.840 bits per heavy atom. The van der Waals surface area contributed by atoms with Crippen LogP contribution in [-0.2, 0) is 0 Å². The number of likely N-dealkylation sites (tertiary alicyclic amines) is 2. The van der Waals surface area contributed by atoms with E-state index in [1.807, 2.05) is 58.9 Å². The van der Waals surface area contributed by atoms with Crippen molar-refractivity contribution in [3.8, 4) is 0 Å². The van der Waals surface area contributed by atoms with E-state index in [0.29, 0.717) is 13.1 Å². The van der Waals surface area contributed by atoms with Crippen LogP contribution in [0.4, 0.5) is 8.78 Å². The quantitative estimate of drug-likeness (QED) is 0.763. The molecule has 2 heterocycles. The van der Waals surface area contributed by atoms with Crippen molar-refractivity contribution in [2.45, 2.75) is 58.0 Å². The van der Waals surface area contributed by atoms with Gasteiger partial charge in [0, 0.05) is 25.2 Å². The van der Waals surface area contributed by atoms with Gasteiger partial charge in [0.25, 0.3) is 0 Å². The molecule has 0 saturated carbocycles. The molecule has 0 spiro atoms. The first kappa shape index (κ1) is 24.7. The molecule has 2 aliphatic heterocycles. The van der Waals surface area contributed by atoms with Gasteiger partial charge in [-0.2, -0.15) is 0 Å². The number of alkyl halides is 2.